The van der Waals surface area contributed by atoms with Crippen molar-refractivity contribution in [3.8, 4) is 11.5 Å². The molecule has 0 amide bonds. The summed E-state index contributed by atoms with van der Waals surface area (Å²) in [5, 5.41) is 1.10. The molecule has 0 spiro atoms. The van der Waals surface area contributed by atoms with Gasteiger partial charge in [0.05, 0.1) is 24.1 Å². The molecule has 4 rings (SSSR count). The van der Waals surface area contributed by atoms with E-state index in [1.165, 1.54) is 4.88 Å². The minimum Gasteiger partial charge on any atom is -0.493 e. The third kappa shape index (κ3) is 4.05. The summed E-state index contributed by atoms with van der Waals surface area (Å²) in [6, 6.07) is 5.62. The molecule has 29 heavy (non-hydrogen) atoms. The van der Waals surface area contributed by atoms with Crippen molar-refractivity contribution >= 4 is 44.3 Å². The van der Waals surface area contributed by atoms with Crippen LogP contribution in [0.2, 0.25) is 0 Å². The van der Waals surface area contributed by atoms with Gasteiger partial charge in [0.25, 0.3) is 5.56 Å². The molecule has 1 N–H and O–H groups in total. The summed E-state index contributed by atoms with van der Waals surface area (Å²) in [5.41, 5.74) is 1.87. The maximum Gasteiger partial charge on any atom is 0.260 e. The maximum absolute atomic E-state index is 12.6. The van der Waals surface area contributed by atoms with Gasteiger partial charge in [-0.3, -0.25) is 4.79 Å². The summed E-state index contributed by atoms with van der Waals surface area (Å²) in [6.07, 6.45) is 4.85. The van der Waals surface area contributed by atoms with E-state index in [9.17, 15) is 4.79 Å². The van der Waals surface area contributed by atoms with Gasteiger partial charge in [-0.15, -0.1) is 11.3 Å². The number of nitrogens with zero attached hydrogens (tertiary/aromatic N) is 1. The molecule has 0 aliphatic heterocycles. The van der Waals surface area contributed by atoms with E-state index in [2.05, 4.69) is 23.8 Å². The van der Waals surface area contributed by atoms with Crippen molar-refractivity contribution in [3.63, 3.8) is 0 Å². The highest BCUT2D eigenvalue weighted by Crippen LogP contribution is 2.35. The van der Waals surface area contributed by atoms with Gasteiger partial charge in [-0.2, -0.15) is 0 Å². The highest BCUT2D eigenvalue weighted by Gasteiger charge is 2.21. The Morgan fingerprint density at radius 3 is 2.93 bits per heavy atom. The smallest absolute Gasteiger partial charge is 0.260 e. The van der Waals surface area contributed by atoms with Crippen LogP contribution in [0.25, 0.3) is 21.3 Å². The van der Waals surface area contributed by atoms with Gasteiger partial charge in [0.2, 0.25) is 0 Å². The Labute approximate surface area is 178 Å². The number of aromatic amines is 1. The first kappa shape index (κ1) is 20.0. The summed E-state index contributed by atoms with van der Waals surface area (Å²) in [4.78, 5) is 22.1. The monoisotopic (exact) mass is 430 g/mol. The zero-order valence-corrected chi connectivity index (χ0v) is 18.2. The number of aromatic nitrogens is 2. The first-order valence-electron chi connectivity index (χ1n) is 9.69. The summed E-state index contributed by atoms with van der Waals surface area (Å²) in [5.74, 6) is 2.12. The van der Waals surface area contributed by atoms with E-state index in [1.807, 2.05) is 18.2 Å². The van der Waals surface area contributed by atoms with E-state index >= 15 is 0 Å². The Morgan fingerprint density at radius 1 is 1.34 bits per heavy atom. The first-order valence-corrected chi connectivity index (χ1v) is 10.9. The number of rotatable bonds is 6. The molecule has 1 aromatic carbocycles. The van der Waals surface area contributed by atoms with E-state index in [0.717, 1.165) is 40.6 Å². The number of nitrogens with one attached hydrogen (secondary N) is 1. The number of hydrogen-bond donors (Lipinski definition) is 1. The lowest BCUT2D eigenvalue weighted by Gasteiger charge is -2.13. The van der Waals surface area contributed by atoms with Crippen LogP contribution in [-0.2, 0) is 12.8 Å². The molecular weight excluding hydrogens is 408 g/mol. The van der Waals surface area contributed by atoms with E-state index in [-0.39, 0.29) is 5.56 Å². The fourth-order valence-corrected chi connectivity index (χ4v) is 4.96. The van der Waals surface area contributed by atoms with Gasteiger partial charge in [0.15, 0.2) is 17.3 Å². The minimum atomic E-state index is -0.119. The highest BCUT2D eigenvalue weighted by atomic mass is 35.5. The molecule has 0 unspecified atom stereocenters. The Kier molecular flexibility index (Phi) is 5.65. The van der Waals surface area contributed by atoms with Crippen LogP contribution in [0.5, 0.6) is 11.5 Å². The molecule has 2 aromatic heterocycles. The predicted molar refractivity (Wildman–Crippen MR) is 119 cm³/mol. The number of thiophene rings is 1. The molecule has 0 atom stereocenters. The van der Waals surface area contributed by atoms with Crippen molar-refractivity contribution in [1.82, 2.24) is 9.97 Å². The van der Waals surface area contributed by atoms with Crippen LogP contribution in [0.1, 0.15) is 42.1 Å². The van der Waals surface area contributed by atoms with Crippen LogP contribution in [0.4, 0.5) is 0 Å². The summed E-state index contributed by atoms with van der Waals surface area (Å²) >= 11 is 8.11. The summed E-state index contributed by atoms with van der Waals surface area (Å²) < 4.78 is 11.2. The van der Waals surface area contributed by atoms with Crippen LogP contribution in [-0.4, -0.2) is 23.7 Å². The second-order valence-corrected chi connectivity index (χ2v) is 9.05. The minimum absolute atomic E-state index is 0.119. The molecule has 0 saturated heterocycles. The quantitative estimate of drug-likeness (QED) is 0.579. The molecule has 5 nitrogen and oxygen atoms in total. The summed E-state index contributed by atoms with van der Waals surface area (Å²) in [6.45, 7) is 4.80. The van der Waals surface area contributed by atoms with Crippen LogP contribution in [0.3, 0.4) is 0 Å². The number of H-pyrrole nitrogens is 1. The number of fused-ring (bicyclic) bond motifs is 3. The van der Waals surface area contributed by atoms with E-state index < -0.39 is 0 Å². The maximum atomic E-state index is 12.6. The number of hydrogen-bond acceptors (Lipinski definition) is 5. The average molecular weight is 431 g/mol. The third-order valence-corrected chi connectivity index (χ3v) is 6.33. The second kappa shape index (κ2) is 8.20. The number of ether oxygens (including phenoxy) is 2. The van der Waals surface area contributed by atoms with Gasteiger partial charge in [-0.1, -0.05) is 31.5 Å². The van der Waals surface area contributed by atoms with Gasteiger partial charge in [0, 0.05) is 4.88 Å². The summed E-state index contributed by atoms with van der Waals surface area (Å²) in [7, 11) is 1.61. The first-order chi connectivity index (χ1) is 14.0. The Hall–Kier alpha value is -2.31. The van der Waals surface area contributed by atoms with Gasteiger partial charge in [-0.25, -0.2) is 4.98 Å². The normalized spacial score (nSPS) is 13.9. The zero-order valence-electron chi connectivity index (χ0n) is 16.7. The molecule has 7 heteroatoms. The van der Waals surface area contributed by atoms with Crippen molar-refractivity contribution in [2.75, 3.05) is 13.7 Å². The highest BCUT2D eigenvalue weighted by molar-refractivity contribution is 7.18. The lowest BCUT2D eigenvalue weighted by molar-refractivity contribution is 0.257. The fraction of sp³-hybridized carbons (Fsp3) is 0.364. The number of methoxy groups -OCH3 is 1. The van der Waals surface area contributed by atoms with Crippen molar-refractivity contribution in [3.05, 3.63) is 50.4 Å². The third-order valence-electron chi connectivity index (χ3n) is 4.85. The molecule has 1 aliphatic rings. The van der Waals surface area contributed by atoms with Crippen LogP contribution in [0.15, 0.2) is 23.0 Å². The molecule has 0 radical (unpaired) electrons. The zero-order chi connectivity index (χ0) is 20.5. The van der Waals surface area contributed by atoms with Crippen LogP contribution < -0.4 is 15.0 Å². The lowest BCUT2D eigenvalue weighted by Crippen LogP contribution is -2.10. The van der Waals surface area contributed by atoms with E-state index in [1.54, 1.807) is 24.5 Å². The van der Waals surface area contributed by atoms with E-state index in [0.29, 0.717) is 34.9 Å². The topological polar surface area (TPSA) is 64.2 Å². The largest absolute Gasteiger partial charge is 0.493 e. The van der Waals surface area contributed by atoms with Crippen LogP contribution >= 0.6 is 22.9 Å². The van der Waals surface area contributed by atoms with Gasteiger partial charge >= 0.3 is 0 Å². The van der Waals surface area contributed by atoms with Crippen molar-refractivity contribution in [2.24, 2.45) is 5.92 Å². The fourth-order valence-electron chi connectivity index (χ4n) is 3.48. The Balaban J connectivity index is 1.65. The molecule has 2 heterocycles. The number of benzene rings is 1. The SMILES string of the molecule is COc1cc(/C=C(\Cl)c2nc3sc4c(c3c(=O)[nH]2)CCC4)ccc1OCC(C)C. The van der Waals surface area contributed by atoms with Crippen molar-refractivity contribution in [1.29, 1.82) is 0 Å². The second-order valence-electron chi connectivity index (χ2n) is 7.56. The Morgan fingerprint density at radius 2 is 2.17 bits per heavy atom. The molecular formula is C22H23ClN2O3S. The molecule has 1 aliphatic carbocycles. The van der Waals surface area contributed by atoms with Gasteiger partial charge < -0.3 is 14.5 Å². The van der Waals surface area contributed by atoms with Crippen LogP contribution in [0, 0.1) is 5.92 Å². The number of halogens is 1. The molecule has 0 fully saturated rings. The molecule has 3 aromatic rings. The van der Waals surface area contributed by atoms with Crippen molar-refractivity contribution in [2.45, 2.75) is 33.1 Å². The predicted octanol–water partition coefficient (Wildman–Crippen LogP) is 5.25. The number of aryl methyl sites for hydroxylation is 2. The van der Waals surface area contributed by atoms with Gasteiger partial charge in [-0.05, 0) is 54.5 Å². The van der Waals surface area contributed by atoms with Crippen molar-refractivity contribution < 1.29 is 9.47 Å². The standard InChI is InChI=1S/C22H23ClN2O3S/c1-12(2)11-28-16-8-7-13(10-17(16)27-3)9-15(23)20-24-21(26)19-14-5-4-6-18(14)29-22(19)25-20/h7-10,12H,4-6,11H2,1-3H3,(H,24,25,26)/b15-9-. The lowest BCUT2D eigenvalue weighted by atomic mass is 10.1. The van der Waals surface area contributed by atoms with E-state index in [4.69, 9.17) is 21.1 Å². The Bertz CT molecular complexity index is 1150. The molecule has 0 saturated carbocycles. The average Bonchev–Trinajstić information content (AvgIpc) is 3.27. The molecule has 0 bridgehead atoms. The molecule has 152 valence electrons. The van der Waals surface area contributed by atoms with Gasteiger partial charge in [0.1, 0.15) is 4.83 Å².